The zero-order chi connectivity index (χ0) is 18.1. The number of hydrogen-bond donors (Lipinski definition) is 1. The highest BCUT2D eigenvalue weighted by molar-refractivity contribution is 5.98. The van der Waals surface area contributed by atoms with E-state index in [2.05, 4.69) is 5.32 Å². The maximum atomic E-state index is 12.0. The summed E-state index contributed by atoms with van der Waals surface area (Å²) in [6, 6.07) is 4.83. The molecule has 0 saturated carbocycles. The summed E-state index contributed by atoms with van der Waals surface area (Å²) in [6.45, 7) is 1.78. The molecule has 1 N–H and O–H groups in total. The first-order valence-electron chi connectivity index (χ1n) is 6.91. The van der Waals surface area contributed by atoms with Crippen molar-refractivity contribution in [1.82, 2.24) is 0 Å². The lowest BCUT2D eigenvalue weighted by atomic mass is 10.1. The van der Waals surface area contributed by atoms with E-state index in [1.807, 2.05) is 0 Å². The highest BCUT2D eigenvalue weighted by Gasteiger charge is 2.22. The van der Waals surface area contributed by atoms with E-state index in [1.165, 1.54) is 33.6 Å². The Bertz CT molecular complexity index is 691. The molecule has 24 heavy (non-hydrogen) atoms. The highest BCUT2D eigenvalue weighted by atomic mass is 16.5. The molecule has 0 aromatic heterocycles. The van der Waals surface area contributed by atoms with E-state index in [4.69, 9.17) is 24.2 Å². The van der Waals surface area contributed by atoms with Crippen molar-refractivity contribution in [2.75, 3.05) is 33.3 Å². The fourth-order valence-corrected chi connectivity index (χ4v) is 1.85. The highest BCUT2D eigenvalue weighted by Crippen LogP contribution is 2.36. The molecule has 0 heterocycles. The largest absolute Gasteiger partial charge is 0.496 e. The molecule has 1 aromatic carbocycles. The van der Waals surface area contributed by atoms with Gasteiger partial charge in [0.05, 0.1) is 33.6 Å². The molecule has 0 fully saturated rings. The van der Waals surface area contributed by atoms with Gasteiger partial charge in [0.1, 0.15) is 17.4 Å². The molecule has 128 valence electrons. The van der Waals surface area contributed by atoms with E-state index in [1.54, 1.807) is 19.1 Å². The van der Waals surface area contributed by atoms with Crippen LogP contribution in [-0.2, 0) is 14.3 Å². The second-order valence-corrected chi connectivity index (χ2v) is 4.25. The zero-order valence-electron chi connectivity index (χ0n) is 13.8. The first kappa shape index (κ1) is 18.8. The Hall–Kier alpha value is -3.21. The zero-order valence-corrected chi connectivity index (χ0v) is 13.8. The fraction of sp³-hybridized carbons (Fsp3) is 0.312. The predicted molar refractivity (Wildman–Crippen MR) is 84.8 cm³/mol. The minimum absolute atomic E-state index is 0.0792. The van der Waals surface area contributed by atoms with Crippen LogP contribution < -0.4 is 14.8 Å². The van der Waals surface area contributed by atoms with Crippen molar-refractivity contribution < 1.29 is 28.5 Å². The van der Waals surface area contributed by atoms with Crippen LogP contribution in [0.15, 0.2) is 23.9 Å². The van der Waals surface area contributed by atoms with E-state index in [9.17, 15) is 9.59 Å². The molecule has 8 nitrogen and oxygen atoms in total. The monoisotopic (exact) mass is 334 g/mol. The molecule has 0 atom stereocenters. The van der Waals surface area contributed by atoms with Crippen molar-refractivity contribution in [3.05, 3.63) is 29.5 Å². The Labute approximate surface area is 139 Å². The number of carbonyl (C=O) groups excluding carboxylic acids is 2. The molecule has 0 spiro atoms. The molecule has 1 rings (SSSR count). The number of nitriles is 1. The average Bonchev–Trinajstić information content (AvgIpc) is 2.60. The van der Waals surface area contributed by atoms with Crippen molar-refractivity contribution in [2.24, 2.45) is 0 Å². The number of benzene rings is 1. The Balaban J connectivity index is 3.28. The van der Waals surface area contributed by atoms with Gasteiger partial charge in [-0.05, 0) is 19.1 Å². The van der Waals surface area contributed by atoms with E-state index in [-0.39, 0.29) is 29.2 Å². The normalized spacial score (nSPS) is 10.4. The lowest BCUT2D eigenvalue weighted by Crippen LogP contribution is -2.10. The van der Waals surface area contributed by atoms with Crippen LogP contribution in [0.4, 0.5) is 5.69 Å². The topological polar surface area (TPSA) is 107 Å². The van der Waals surface area contributed by atoms with Gasteiger partial charge in [-0.3, -0.25) is 0 Å². The molecule has 0 aliphatic rings. The fourth-order valence-electron chi connectivity index (χ4n) is 1.85. The summed E-state index contributed by atoms with van der Waals surface area (Å²) in [4.78, 5) is 23.6. The van der Waals surface area contributed by atoms with Gasteiger partial charge in [0.15, 0.2) is 11.3 Å². The third-order valence-electron chi connectivity index (χ3n) is 2.92. The number of methoxy groups -OCH3 is 3. The van der Waals surface area contributed by atoms with Crippen molar-refractivity contribution in [2.45, 2.75) is 6.92 Å². The van der Waals surface area contributed by atoms with Gasteiger partial charge in [-0.2, -0.15) is 5.26 Å². The average molecular weight is 334 g/mol. The molecule has 0 bridgehead atoms. The van der Waals surface area contributed by atoms with E-state index < -0.39 is 11.9 Å². The quantitative estimate of drug-likeness (QED) is 0.457. The summed E-state index contributed by atoms with van der Waals surface area (Å²) in [7, 11) is 4.01. The lowest BCUT2D eigenvalue weighted by molar-refractivity contribution is -0.138. The first-order valence-corrected chi connectivity index (χ1v) is 6.91. The smallest absolute Gasteiger partial charge is 0.350 e. The number of esters is 2. The van der Waals surface area contributed by atoms with Gasteiger partial charge in [0.25, 0.3) is 0 Å². The summed E-state index contributed by atoms with van der Waals surface area (Å²) in [5.41, 5.74) is 0.195. The van der Waals surface area contributed by atoms with Crippen molar-refractivity contribution in [1.29, 1.82) is 5.26 Å². The van der Waals surface area contributed by atoms with Gasteiger partial charge in [0, 0.05) is 6.20 Å². The van der Waals surface area contributed by atoms with Crippen LogP contribution in [0.5, 0.6) is 11.5 Å². The van der Waals surface area contributed by atoms with Crippen LogP contribution in [0.3, 0.4) is 0 Å². The van der Waals surface area contributed by atoms with Gasteiger partial charge in [-0.15, -0.1) is 0 Å². The molecule has 0 saturated heterocycles. The van der Waals surface area contributed by atoms with Crippen LogP contribution in [0.25, 0.3) is 0 Å². The SMILES string of the molecule is CCOC(=O)C(C#N)=CNc1ccc(OC)c(C(=O)OC)c1OC. The van der Waals surface area contributed by atoms with Crippen LogP contribution in [0.2, 0.25) is 0 Å². The number of nitrogens with one attached hydrogen (secondary N) is 1. The lowest BCUT2D eigenvalue weighted by Gasteiger charge is -2.15. The molecule has 0 radical (unpaired) electrons. The first-order chi connectivity index (χ1) is 11.5. The Kier molecular flexibility index (Phi) is 7.10. The summed E-state index contributed by atoms with van der Waals surface area (Å²) < 4.78 is 19.9. The second-order valence-electron chi connectivity index (χ2n) is 4.25. The van der Waals surface area contributed by atoms with Crippen molar-refractivity contribution in [3.8, 4) is 17.6 Å². The number of rotatable bonds is 7. The second kappa shape index (κ2) is 9.05. The number of anilines is 1. The van der Waals surface area contributed by atoms with Gasteiger partial charge in [-0.25, -0.2) is 9.59 Å². The Morgan fingerprint density at radius 1 is 1.25 bits per heavy atom. The van der Waals surface area contributed by atoms with Crippen LogP contribution >= 0.6 is 0 Å². The third-order valence-corrected chi connectivity index (χ3v) is 2.92. The molecule has 1 aromatic rings. The standard InChI is InChI=1S/C16H18N2O6/c1-5-24-15(19)10(8-17)9-18-11-6-7-12(21-2)13(14(11)22-3)16(20)23-4/h6-7,9,18H,5H2,1-4H3. The van der Waals surface area contributed by atoms with Crippen LogP contribution in [-0.4, -0.2) is 39.9 Å². The Morgan fingerprint density at radius 2 is 1.96 bits per heavy atom. The molecule has 0 amide bonds. The van der Waals surface area contributed by atoms with Crippen LogP contribution in [0, 0.1) is 11.3 Å². The van der Waals surface area contributed by atoms with E-state index in [0.717, 1.165) is 0 Å². The van der Waals surface area contributed by atoms with E-state index >= 15 is 0 Å². The maximum Gasteiger partial charge on any atom is 0.350 e. The summed E-state index contributed by atoms with van der Waals surface area (Å²) in [6.07, 6.45) is 1.17. The maximum absolute atomic E-state index is 12.0. The summed E-state index contributed by atoms with van der Waals surface area (Å²) in [5.74, 6) is -0.992. The predicted octanol–water partition coefficient (Wildman–Crippen LogP) is 1.87. The third kappa shape index (κ3) is 4.16. The van der Waals surface area contributed by atoms with Gasteiger partial charge >= 0.3 is 11.9 Å². The number of hydrogen-bond acceptors (Lipinski definition) is 8. The number of ether oxygens (including phenoxy) is 4. The molecular formula is C16H18N2O6. The summed E-state index contributed by atoms with van der Waals surface area (Å²) in [5, 5.41) is 11.8. The molecule has 0 aliphatic carbocycles. The van der Waals surface area contributed by atoms with Gasteiger partial charge < -0.3 is 24.3 Å². The van der Waals surface area contributed by atoms with E-state index in [0.29, 0.717) is 5.69 Å². The van der Waals surface area contributed by atoms with Crippen molar-refractivity contribution in [3.63, 3.8) is 0 Å². The minimum atomic E-state index is -0.756. The van der Waals surface area contributed by atoms with Gasteiger partial charge in [-0.1, -0.05) is 0 Å². The summed E-state index contributed by atoms with van der Waals surface area (Å²) >= 11 is 0. The molecule has 8 heteroatoms. The molecule has 0 unspecified atom stereocenters. The van der Waals surface area contributed by atoms with Crippen molar-refractivity contribution >= 4 is 17.6 Å². The molecular weight excluding hydrogens is 316 g/mol. The number of carbonyl (C=O) groups is 2. The van der Waals surface area contributed by atoms with Crippen LogP contribution in [0.1, 0.15) is 17.3 Å². The van der Waals surface area contributed by atoms with Gasteiger partial charge in [0.2, 0.25) is 0 Å². The number of nitrogens with zero attached hydrogens (tertiary/aromatic N) is 1. The minimum Gasteiger partial charge on any atom is -0.496 e. The molecule has 0 aliphatic heterocycles. The Morgan fingerprint density at radius 3 is 2.46 bits per heavy atom.